The first-order valence-electron chi connectivity index (χ1n) is 7.15. The fourth-order valence-corrected chi connectivity index (χ4v) is 2.54. The van der Waals surface area contributed by atoms with E-state index in [1.54, 1.807) is 32.4 Å². The largest absolute Gasteiger partial charge is 0.497 e. The fourth-order valence-electron chi connectivity index (χ4n) is 2.54. The van der Waals surface area contributed by atoms with Gasteiger partial charge in [0.1, 0.15) is 11.5 Å². The van der Waals surface area contributed by atoms with E-state index >= 15 is 0 Å². The first-order chi connectivity index (χ1) is 9.86. The van der Waals surface area contributed by atoms with E-state index in [1.165, 1.54) is 0 Å². The third kappa shape index (κ3) is 3.47. The molecule has 1 saturated heterocycles. The van der Waals surface area contributed by atoms with E-state index in [4.69, 9.17) is 9.47 Å². The van der Waals surface area contributed by atoms with Gasteiger partial charge in [-0.2, -0.15) is 0 Å². The van der Waals surface area contributed by atoms with Gasteiger partial charge in [0, 0.05) is 36.3 Å². The number of ether oxygens (including phenoxy) is 2. The summed E-state index contributed by atoms with van der Waals surface area (Å²) in [5.41, 5.74) is 0.515. The number of nitrogens with one attached hydrogen (secondary N) is 1. The molecule has 5 nitrogen and oxygen atoms in total. The normalized spacial score (nSPS) is 21.0. The average molecular weight is 292 g/mol. The Balaban J connectivity index is 2.30. The lowest BCUT2D eigenvalue weighted by Gasteiger charge is -2.43. The zero-order chi connectivity index (χ0) is 15.6. The van der Waals surface area contributed by atoms with Crippen LogP contribution in [0.5, 0.6) is 11.5 Å². The minimum atomic E-state index is -0.0783. The Bertz CT molecular complexity index is 506. The van der Waals surface area contributed by atoms with Crippen molar-refractivity contribution in [2.75, 3.05) is 27.3 Å². The van der Waals surface area contributed by atoms with Crippen LogP contribution in [-0.2, 0) is 0 Å². The Morgan fingerprint density at radius 3 is 2.33 bits per heavy atom. The topological polar surface area (TPSA) is 50.8 Å². The molecule has 1 aliphatic heterocycles. The highest BCUT2D eigenvalue weighted by Crippen LogP contribution is 2.25. The minimum absolute atomic E-state index is 0.00859. The third-order valence-corrected chi connectivity index (χ3v) is 3.83. The predicted octanol–water partition coefficient (Wildman–Crippen LogP) is 1.92. The van der Waals surface area contributed by atoms with Crippen LogP contribution in [0.4, 0.5) is 0 Å². The van der Waals surface area contributed by atoms with Crippen molar-refractivity contribution in [2.45, 2.75) is 32.4 Å². The molecule has 0 aliphatic carbocycles. The Labute approximate surface area is 126 Å². The highest BCUT2D eigenvalue weighted by Gasteiger charge is 2.33. The van der Waals surface area contributed by atoms with Crippen LogP contribution in [0.15, 0.2) is 18.2 Å². The van der Waals surface area contributed by atoms with Crippen molar-refractivity contribution in [3.05, 3.63) is 23.8 Å². The number of rotatable bonds is 3. The van der Waals surface area contributed by atoms with Gasteiger partial charge in [-0.3, -0.25) is 4.79 Å². The van der Waals surface area contributed by atoms with Crippen LogP contribution in [0, 0.1) is 0 Å². The van der Waals surface area contributed by atoms with Crippen molar-refractivity contribution >= 4 is 5.91 Å². The van der Waals surface area contributed by atoms with Crippen LogP contribution in [-0.4, -0.2) is 49.7 Å². The van der Waals surface area contributed by atoms with Crippen LogP contribution < -0.4 is 14.8 Å². The number of hydrogen-bond donors (Lipinski definition) is 1. The van der Waals surface area contributed by atoms with Crippen LogP contribution in [0.25, 0.3) is 0 Å². The van der Waals surface area contributed by atoms with Gasteiger partial charge in [-0.15, -0.1) is 0 Å². The van der Waals surface area contributed by atoms with Crippen molar-refractivity contribution in [2.24, 2.45) is 0 Å². The fraction of sp³-hybridized carbons (Fsp3) is 0.562. The molecule has 1 aromatic carbocycles. The molecule has 0 saturated carbocycles. The van der Waals surface area contributed by atoms with E-state index < -0.39 is 0 Å². The molecular formula is C16H24N2O3. The average Bonchev–Trinajstić information content (AvgIpc) is 2.48. The van der Waals surface area contributed by atoms with Gasteiger partial charge in [-0.1, -0.05) is 0 Å². The molecule has 0 spiro atoms. The van der Waals surface area contributed by atoms with Gasteiger partial charge in [0.05, 0.1) is 14.2 Å². The summed E-state index contributed by atoms with van der Waals surface area (Å²) in [6.45, 7) is 7.72. The Morgan fingerprint density at radius 2 is 1.81 bits per heavy atom. The van der Waals surface area contributed by atoms with Gasteiger partial charge in [0.2, 0.25) is 0 Å². The quantitative estimate of drug-likeness (QED) is 0.924. The second-order valence-electron chi connectivity index (χ2n) is 6.15. The number of carbonyl (C=O) groups excluding carboxylic acids is 1. The molecule has 1 fully saturated rings. The maximum Gasteiger partial charge on any atom is 0.254 e. The van der Waals surface area contributed by atoms with Gasteiger partial charge < -0.3 is 19.7 Å². The molecule has 1 aliphatic rings. The molecule has 1 amide bonds. The lowest BCUT2D eigenvalue weighted by Crippen LogP contribution is -2.62. The molecule has 116 valence electrons. The molecule has 0 radical (unpaired) electrons. The molecule has 1 heterocycles. The predicted molar refractivity (Wildman–Crippen MR) is 82.1 cm³/mol. The van der Waals surface area contributed by atoms with Crippen LogP contribution in [0.3, 0.4) is 0 Å². The van der Waals surface area contributed by atoms with Crippen molar-refractivity contribution in [3.63, 3.8) is 0 Å². The van der Waals surface area contributed by atoms with E-state index in [-0.39, 0.29) is 17.5 Å². The Morgan fingerprint density at radius 1 is 1.24 bits per heavy atom. The van der Waals surface area contributed by atoms with Gasteiger partial charge >= 0.3 is 0 Å². The Hall–Kier alpha value is -1.75. The standard InChI is InChI=1S/C16H24N2O3/c1-11-9-17-16(2,3)10-18(11)15(19)12-6-13(20-4)8-14(7-12)21-5/h6-8,11,17H,9-10H2,1-5H3. The van der Waals surface area contributed by atoms with Crippen molar-refractivity contribution in [1.82, 2.24) is 10.2 Å². The molecule has 1 atom stereocenters. The van der Waals surface area contributed by atoms with Crippen LogP contribution in [0.2, 0.25) is 0 Å². The lowest BCUT2D eigenvalue weighted by atomic mass is 9.98. The molecule has 0 bridgehead atoms. The summed E-state index contributed by atoms with van der Waals surface area (Å²) in [5, 5.41) is 3.45. The molecular weight excluding hydrogens is 268 g/mol. The molecule has 5 heteroatoms. The number of hydrogen-bond acceptors (Lipinski definition) is 4. The summed E-state index contributed by atoms with van der Waals surface area (Å²) in [6, 6.07) is 5.43. The smallest absolute Gasteiger partial charge is 0.254 e. The zero-order valence-corrected chi connectivity index (χ0v) is 13.4. The number of methoxy groups -OCH3 is 2. The maximum absolute atomic E-state index is 12.8. The molecule has 2 rings (SSSR count). The number of carbonyl (C=O) groups is 1. The summed E-state index contributed by atoms with van der Waals surface area (Å²) in [4.78, 5) is 14.7. The molecule has 21 heavy (non-hydrogen) atoms. The van der Waals surface area contributed by atoms with E-state index in [2.05, 4.69) is 26.1 Å². The summed E-state index contributed by atoms with van der Waals surface area (Å²) in [6.07, 6.45) is 0. The van der Waals surface area contributed by atoms with Crippen LogP contribution >= 0.6 is 0 Å². The molecule has 1 N–H and O–H groups in total. The third-order valence-electron chi connectivity index (χ3n) is 3.83. The number of amides is 1. The summed E-state index contributed by atoms with van der Waals surface area (Å²) in [5.74, 6) is 1.26. The monoisotopic (exact) mass is 292 g/mol. The van der Waals surface area contributed by atoms with Gasteiger partial charge in [-0.05, 0) is 32.9 Å². The lowest BCUT2D eigenvalue weighted by molar-refractivity contribution is 0.0532. The number of benzene rings is 1. The Kier molecular flexibility index (Phi) is 4.42. The first kappa shape index (κ1) is 15.6. The summed E-state index contributed by atoms with van der Waals surface area (Å²) in [7, 11) is 3.17. The highest BCUT2D eigenvalue weighted by molar-refractivity contribution is 5.95. The van der Waals surface area contributed by atoms with Gasteiger partial charge in [0.25, 0.3) is 5.91 Å². The van der Waals surface area contributed by atoms with E-state index in [0.717, 1.165) is 6.54 Å². The van der Waals surface area contributed by atoms with E-state index in [0.29, 0.717) is 23.6 Å². The number of nitrogens with zero attached hydrogens (tertiary/aromatic N) is 1. The molecule has 1 unspecified atom stereocenters. The second kappa shape index (κ2) is 5.93. The van der Waals surface area contributed by atoms with Crippen LogP contribution in [0.1, 0.15) is 31.1 Å². The van der Waals surface area contributed by atoms with Crippen molar-refractivity contribution in [1.29, 1.82) is 0 Å². The molecule has 0 aromatic heterocycles. The minimum Gasteiger partial charge on any atom is -0.497 e. The van der Waals surface area contributed by atoms with Gasteiger partial charge in [0.15, 0.2) is 0 Å². The highest BCUT2D eigenvalue weighted by atomic mass is 16.5. The summed E-state index contributed by atoms with van der Waals surface area (Å²) >= 11 is 0. The SMILES string of the molecule is COc1cc(OC)cc(C(=O)N2CC(C)(C)NCC2C)c1. The van der Waals surface area contributed by atoms with E-state index in [9.17, 15) is 4.79 Å². The molecule has 1 aromatic rings. The van der Waals surface area contributed by atoms with Crippen molar-refractivity contribution < 1.29 is 14.3 Å². The number of piperazine rings is 1. The van der Waals surface area contributed by atoms with Crippen molar-refractivity contribution in [3.8, 4) is 11.5 Å². The van der Waals surface area contributed by atoms with E-state index in [1.807, 2.05) is 4.90 Å². The first-order valence-corrected chi connectivity index (χ1v) is 7.15. The zero-order valence-electron chi connectivity index (χ0n) is 13.4. The maximum atomic E-state index is 12.8. The van der Waals surface area contributed by atoms with Gasteiger partial charge in [-0.25, -0.2) is 0 Å². The second-order valence-corrected chi connectivity index (χ2v) is 6.15. The summed E-state index contributed by atoms with van der Waals surface area (Å²) < 4.78 is 10.5.